The molecule has 0 saturated carbocycles. The van der Waals surface area contributed by atoms with Crippen molar-refractivity contribution < 1.29 is 9.90 Å². The third kappa shape index (κ3) is 5.85. The highest BCUT2D eigenvalue weighted by atomic mass is 16.4. The van der Waals surface area contributed by atoms with Crippen LogP contribution in [0.1, 0.15) is 80.1 Å². The highest BCUT2D eigenvalue weighted by Gasteiger charge is 2.32. The van der Waals surface area contributed by atoms with E-state index in [4.69, 9.17) is 10.8 Å². The zero-order valence-corrected chi connectivity index (χ0v) is 13.2. The molecule has 0 heterocycles. The first-order chi connectivity index (χ1) is 8.31. The fraction of sp³-hybridized carbons (Fsp3) is 0.933. The normalized spacial score (nSPS) is 11.7. The van der Waals surface area contributed by atoms with Crippen molar-refractivity contribution in [1.29, 1.82) is 0 Å². The van der Waals surface area contributed by atoms with Gasteiger partial charge in [0.25, 0.3) is 0 Å². The number of carboxylic acid groups (broad SMARTS) is 1. The molecule has 0 bridgehead atoms. The van der Waals surface area contributed by atoms with Crippen LogP contribution in [0.2, 0.25) is 0 Å². The molecular weight excluding hydrogens is 226 g/mol. The van der Waals surface area contributed by atoms with Crippen molar-refractivity contribution >= 4 is 5.97 Å². The molecule has 0 aliphatic carbocycles. The maximum absolute atomic E-state index is 10.7. The monoisotopic (exact) mass is 259 g/mol. The molecule has 0 unspecified atom stereocenters. The lowest BCUT2D eigenvalue weighted by Crippen LogP contribution is -2.37. The molecule has 0 spiro atoms. The van der Waals surface area contributed by atoms with Crippen LogP contribution in [0.15, 0.2) is 0 Å². The van der Waals surface area contributed by atoms with E-state index in [-0.39, 0.29) is 5.54 Å². The van der Waals surface area contributed by atoms with Crippen LogP contribution in [0.5, 0.6) is 0 Å². The molecule has 0 aliphatic heterocycles. The van der Waals surface area contributed by atoms with Gasteiger partial charge in [-0.05, 0) is 38.5 Å². The maximum Gasteiger partial charge on any atom is 0.309 e. The molecule has 0 amide bonds. The summed E-state index contributed by atoms with van der Waals surface area (Å²) < 4.78 is 0. The van der Waals surface area contributed by atoms with E-state index in [1.807, 2.05) is 20.8 Å². The van der Waals surface area contributed by atoms with Crippen LogP contribution in [-0.4, -0.2) is 16.6 Å². The second-order valence-corrected chi connectivity index (χ2v) is 5.07. The van der Waals surface area contributed by atoms with E-state index in [1.54, 1.807) is 0 Å². The summed E-state index contributed by atoms with van der Waals surface area (Å²) in [5.74, 6) is -0.653. The first kappa shape index (κ1) is 19.8. The molecule has 3 heteroatoms. The van der Waals surface area contributed by atoms with Crippen molar-refractivity contribution in [3.05, 3.63) is 0 Å². The van der Waals surface area contributed by atoms with Crippen molar-refractivity contribution in [2.45, 2.75) is 85.6 Å². The van der Waals surface area contributed by atoms with Crippen molar-refractivity contribution in [2.24, 2.45) is 11.1 Å². The van der Waals surface area contributed by atoms with E-state index in [2.05, 4.69) is 20.8 Å². The Morgan fingerprint density at radius 3 is 1.11 bits per heavy atom. The second kappa shape index (κ2) is 9.37. The summed E-state index contributed by atoms with van der Waals surface area (Å²) in [6.45, 7) is 12.2. The smallest absolute Gasteiger partial charge is 0.309 e. The minimum absolute atomic E-state index is 0.125. The molecule has 3 nitrogen and oxygen atoms in total. The molecule has 0 aromatic carbocycles. The Bertz CT molecular complexity index is 202. The van der Waals surface area contributed by atoms with E-state index in [9.17, 15) is 4.79 Å². The Kier molecular flexibility index (Phi) is 10.3. The zero-order valence-electron chi connectivity index (χ0n) is 13.2. The summed E-state index contributed by atoms with van der Waals surface area (Å²) in [6.07, 6.45) is 5.49. The van der Waals surface area contributed by atoms with Crippen LogP contribution in [0.25, 0.3) is 0 Å². The topological polar surface area (TPSA) is 63.3 Å². The van der Waals surface area contributed by atoms with E-state index in [0.717, 1.165) is 38.5 Å². The van der Waals surface area contributed by atoms with Crippen LogP contribution in [0.3, 0.4) is 0 Å². The number of aliphatic carboxylic acids is 1. The average molecular weight is 259 g/mol. The second-order valence-electron chi connectivity index (χ2n) is 5.07. The van der Waals surface area contributed by atoms with Crippen LogP contribution in [0, 0.1) is 5.41 Å². The highest BCUT2D eigenvalue weighted by molar-refractivity contribution is 5.74. The van der Waals surface area contributed by atoms with Gasteiger partial charge in [-0.1, -0.05) is 41.5 Å². The fourth-order valence-electron chi connectivity index (χ4n) is 1.95. The number of rotatable bonds is 7. The molecule has 0 aromatic heterocycles. The number of hydrogen-bond donors (Lipinski definition) is 2. The predicted octanol–water partition coefficient (Wildman–Crippen LogP) is 4.20. The van der Waals surface area contributed by atoms with Gasteiger partial charge in [-0.3, -0.25) is 4.79 Å². The van der Waals surface area contributed by atoms with Gasteiger partial charge in [-0.2, -0.15) is 0 Å². The van der Waals surface area contributed by atoms with E-state index in [0.29, 0.717) is 0 Å². The maximum atomic E-state index is 10.7. The van der Waals surface area contributed by atoms with Crippen molar-refractivity contribution in [3.8, 4) is 0 Å². The summed E-state index contributed by atoms with van der Waals surface area (Å²) in [5, 5.41) is 8.82. The fourth-order valence-corrected chi connectivity index (χ4v) is 1.95. The Morgan fingerprint density at radius 1 is 0.833 bits per heavy atom. The molecule has 0 rings (SSSR count). The quantitative estimate of drug-likeness (QED) is 0.720. The van der Waals surface area contributed by atoms with Gasteiger partial charge in [0.15, 0.2) is 0 Å². The number of carboxylic acids is 1. The Hall–Kier alpha value is -0.570. The Balaban J connectivity index is 0. The number of nitrogens with two attached hydrogens (primary N) is 1. The highest BCUT2D eigenvalue weighted by Crippen LogP contribution is 2.30. The van der Waals surface area contributed by atoms with Gasteiger partial charge in [0.05, 0.1) is 5.41 Å². The van der Waals surface area contributed by atoms with Gasteiger partial charge in [0, 0.05) is 5.54 Å². The van der Waals surface area contributed by atoms with Gasteiger partial charge in [0.1, 0.15) is 0 Å². The minimum Gasteiger partial charge on any atom is -0.481 e. The van der Waals surface area contributed by atoms with Crippen LogP contribution in [0.4, 0.5) is 0 Å². The van der Waals surface area contributed by atoms with Crippen LogP contribution in [-0.2, 0) is 4.79 Å². The molecule has 0 aromatic rings. The van der Waals surface area contributed by atoms with Crippen molar-refractivity contribution in [2.75, 3.05) is 0 Å². The largest absolute Gasteiger partial charge is 0.481 e. The zero-order chi connectivity index (χ0) is 14.8. The number of carbonyl (C=O) groups is 1. The lowest BCUT2D eigenvalue weighted by Gasteiger charge is -2.24. The first-order valence-corrected chi connectivity index (χ1v) is 7.33. The van der Waals surface area contributed by atoms with Crippen molar-refractivity contribution in [1.82, 2.24) is 0 Å². The predicted molar refractivity (Wildman–Crippen MR) is 78.7 cm³/mol. The van der Waals surface area contributed by atoms with Gasteiger partial charge in [-0.15, -0.1) is 0 Å². The van der Waals surface area contributed by atoms with E-state index < -0.39 is 11.4 Å². The van der Waals surface area contributed by atoms with Crippen LogP contribution >= 0.6 is 0 Å². The summed E-state index contributed by atoms with van der Waals surface area (Å²) in [4.78, 5) is 10.7. The van der Waals surface area contributed by atoms with Gasteiger partial charge in [0.2, 0.25) is 0 Å². The lowest BCUT2D eigenvalue weighted by molar-refractivity contribution is -0.149. The Morgan fingerprint density at radius 2 is 1.11 bits per heavy atom. The molecule has 0 atom stereocenters. The summed E-state index contributed by atoms with van der Waals surface area (Å²) >= 11 is 0. The molecule has 0 saturated heterocycles. The Labute approximate surface area is 113 Å². The molecular formula is C15H33NO2. The SMILES string of the molecule is CCC(CC)(CC)C(=O)O.CCC(N)(CC)CC. The van der Waals surface area contributed by atoms with E-state index in [1.165, 1.54) is 0 Å². The van der Waals surface area contributed by atoms with Gasteiger partial charge < -0.3 is 10.8 Å². The molecule has 0 radical (unpaired) electrons. The average Bonchev–Trinajstić information content (AvgIpc) is 2.41. The summed E-state index contributed by atoms with van der Waals surface area (Å²) in [5.41, 5.74) is 5.56. The van der Waals surface area contributed by atoms with Crippen molar-refractivity contribution in [3.63, 3.8) is 0 Å². The van der Waals surface area contributed by atoms with E-state index >= 15 is 0 Å². The molecule has 0 aliphatic rings. The minimum atomic E-state index is -0.653. The molecule has 3 N–H and O–H groups in total. The third-order valence-electron chi connectivity index (χ3n) is 4.60. The van der Waals surface area contributed by atoms with Gasteiger partial charge in [-0.25, -0.2) is 0 Å². The number of hydrogen-bond acceptors (Lipinski definition) is 2. The molecule has 18 heavy (non-hydrogen) atoms. The summed E-state index contributed by atoms with van der Waals surface area (Å²) in [7, 11) is 0. The summed E-state index contributed by atoms with van der Waals surface area (Å²) in [6, 6.07) is 0. The lowest BCUT2D eigenvalue weighted by atomic mass is 9.80. The standard InChI is InChI=1S/C8H16O2.C7H17N/c1-4-8(5-2,6-3)7(9)10;1-4-7(8,5-2)6-3/h4-6H2,1-3H3,(H,9,10);4-6,8H2,1-3H3. The van der Waals surface area contributed by atoms with Crippen LogP contribution < -0.4 is 5.73 Å². The third-order valence-corrected chi connectivity index (χ3v) is 4.60. The molecule has 110 valence electrons. The first-order valence-electron chi connectivity index (χ1n) is 7.33. The van der Waals surface area contributed by atoms with Gasteiger partial charge >= 0.3 is 5.97 Å². The molecule has 0 fully saturated rings.